The molecular weight excluding hydrogens is 410 g/mol. The average Bonchev–Trinajstić information content (AvgIpc) is 3.03. The lowest BCUT2D eigenvalue weighted by Gasteiger charge is -2.25. The van der Waals surface area contributed by atoms with E-state index in [1.54, 1.807) is 19.2 Å². The quantitative estimate of drug-likeness (QED) is 0.396. The molecule has 0 radical (unpaired) electrons. The Morgan fingerprint density at radius 2 is 1.91 bits per heavy atom. The van der Waals surface area contributed by atoms with Crippen molar-refractivity contribution in [3.63, 3.8) is 0 Å². The van der Waals surface area contributed by atoms with E-state index in [9.17, 15) is 19.7 Å². The number of ether oxygens (including phenoxy) is 1. The summed E-state index contributed by atoms with van der Waals surface area (Å²) in [6, 6.07) is 12.1. The summed E-state index contributed by atoms with van der Waals surface area (Å²) in [5.41, 5.74) is 1.51. The Morgan fingerprint density at radius 3 is 2.66 bits per heavy atom. The molecule has 2 fully saturated rings. The first-order chi connectivity index (χ1) is 15.4. The van der Waals surface area contributed by atoms with Crippen LogP contribution in [0.25, 0.3) is 0 Å². The molecule has 8 heteroatoms. The van der Waals surface area contributed by atoms with E-state index < -0.39 is 4.92 Å². The zero-order valence-corrected chi connectivity index (χ0v) is 18.2. The van der Waals surface area contributed by atoms with Crippen molar-refractivity contribution >= 4 is 28.9 Å². The number of hydrogen-bond acceptors (Lipinski definition) is 6. The van der Waals surface area contributed by atoms with Crippen LogP contribution in [-0.4, -0.2) is 30.4 Å². The Balaban J connectivity index is 1.51. The van der Waals surface area contributed by atoms with E-state index in [2.05, 4.69) is 12.2 Å². The smallest absolute Gasteiger partial charge is 0.294 e. The molecule has 0 spiro atoms. The fourth-order valence-electron chi connectivity index (χ4n) is 4.77. The minimum Gasteiger partial charge on any atom is -0.497 e. The van der Waals surface area contributed by atoms with E-state index in [1.807, 2.05) is 24.3 Å². The second-order valence-corrected chi connectivity index (χ2v) is 8.63. The monoisotopic (exact) mass is 437 g/mol. The van der Waals surface area contributed by atoms with Crippen molar-refractivity contribution in [2.75, 3.05) is 23.9 Å². The van der Waals surface area contributed by atoms with Gasteiger partial charge in [0.05, 0.1) is 29.6 Å². The fourth-order valence-corrected chi connectivity index (χ4v) is 4.77. The lowest BCUT2D eigenvalue weighted by molar-refractivity contribution is -0.383. The average molecular weight is 437 g/mol. The van der Waals surface area contributed by atoms with E-state index in [-0.39, 0.29) is 35.0 Å². The molecule has 2 amide bonds. The number of rotatable bonds is 7. The Labute approximate surface area is 186 Å². The van der Waals surface area contributed by atoms with Gasteiger partial charge in [-0.25, -0.2) is 4.90 Å². The number of nitro groups is 1. The Bertz CT molecular complexity index is 1050. The summed E-state index contributed by atoms with van der Waals surface area (Å²) in [5.74, 6) is 0.0649. The van der Waals surface area contributed by atoms with E-state index in [0.29, 0.717) is 37.4 Å². The number of nitro benzene ring substituents is 1. The molecule has 1 saturated carbocycles. The van der Waals surface area contributed by atoms with Crippen molar-refractivity contribution in [3.8, 4) is 5.75 Å². The van der Waals surface area contributed by atoms with E-state index in [4.69, 9.17) is 4.74 Å². The van der Waals surface area contributed by atoms with Gasteiger partial charge in [0.1, 0.15) is 11.4 Å². The molecule has 2 aromatic rings. The highest BCUT2D eigenvalue weighted by Crippen LogP contribution is 2.43. The van der Waals surface area contributed by atoms with Crippen molar-refractivity contribution in [3.05, 3.63) is 58.1 Å². The number of nitrogens with zero attached hydrogens (tertiary/aromatic N) is 2. The summed E-state index contributed by atoms with van der Waals surface area (Å²) < 4.78 is 5.22. The first-order valence-corrected chi connectivity index (χ1v) is 10.9. The first kappa shape index (κ1) is 21.8. The molecule has 8 nitrogen and oxygen atoms in total. The SMILES string of the molecule is COc1cccc(CCNc2ccc(N3C(=O)C4CCC(C)CC4C3=O)cc2[N+](=O)[O-])c1. The lowest BCUT2D eigenvalue weighted by atomic mass is 9.76. The van der Waals surface area contributed by atoms with E-state index in [1.165, 1.54) is 6.07 Å². The van der Waals surface area contributed by atoms with Gasteiger partial charge in [-0.15, -0.1) is 0 Å². The number of hydrogen-bond donors (Lipinski definition) is 1. The van der Waals surface area contributed by atoms with Gasteiger partial charge in [-0.05, 0) is 61.4 Å². The number of methoxy groups -OCH3 is 1. The molecule has 0 bridgehead atoms. The summed E-state index contributed by atoms with van der Waals surface area (Å²) in [4.78, 5) is 38.3. The third-order valence-corrected chi connectivity index (χ3v) is 6.49. The standard InChI is InChI=1S/C24H27N3O5/c1-15-6-8-19-20(12-15)24(29)26(23(19)28)17-7-9-21(22(14-17)27(30)31)25-11-10-16-4-3-5-18(13-16)32-2/h3-5,7,9,13-15,19-20,25H,6,8,10-12H2,1-2H3. The third kappa shape index (κ3) is 4.17. The van der Waals surface area contributed by atoms with Gasteiger partial charge in [0.2, 0.25) is 11.8 Å². The minimum absolute atomic E-state index is 0.156. The summed E-state index contributed by atoms with van der Waals surface area (Å²) >= 11 is 0. The van der Waals surface area contributed by atoms with Crippen molar-refractivity contribution in [2.24, 2.45) is 17.8 Å². The Hall–Kier alpha value is -3.42. The molecule has 1 aliphatic carbocycles. The Morgan fingerprint density at radius 1 is 1.12 bits per heavy atom. The molecular formula is C24H27N3O5. The van der Waals surface area contributed by atoms with Gasteiger partial charge >= 0.3 is 0 Å². The molecule has 32 heavy (non-hydrogen) atoms. The van der Waals surface area contributed by atoms with Crippen molar-refractivity contribution in [2.45, 2.75) is 32.6 Å². The van der Waals surface area contributed by atoms with Crippen molar-refractivity contribution in [1.29, 1.82) is 0 Å². The zero-order chi connectivity index (χ0) is 22.8. The van der Waals surface area contributed by atoms with E-state index in [0.717, 1.165) is 22.6 Å². The second-order valence-electron chi connectivity index (χ2n) is 8.63. The molecule has 168 valence electrons. The highest BCUT2D eigenvalue weighted by molar-refractivity contribution is 6.22. The molecule has 4 rings (SSSR count). The summed E-state index contributed by atoms with van der Waals surface area (Å²) in [5, 5.41) is 14.8. The van der Waals surface area contributed by atoms with Gasteiger partial charge in [-0.3, -0.25) is 19.7 Å². The largest absolute Gasteiger partial charge is 0.497 e. The molecule has 3 atom stereocenters. The second kappa shape index (κ2) is 8.98. The molecule has 1 saturated heterocycles. The number of amides is 2. The van der Waals surface area contributed by atoms with Gasteiger partial charge in [0, 0.05) is 12.6 Å². The summed E-state index contributed by atoms with van der Waals surface area (Å²) in [7, 11) is 1.60. The number of nitrogens with one attached hydrogen (secondary N) is 1. The minimum atomic E-state index is -0.489. The highest BCUT2D eigenvalue weighted by atomic mass is 16.6. The lowest BCUT2D eigenvalue weighted by Crippen LogP contribution is -2.31. The maximum atomic E-state index is 13.0. The van der Waals surface area contributed by atoms with Crippen LogP contribution in [0.15, 0.2) is 42.5 Å². The van der Waals surface area contributed by atoms with Crippen LogP contribution in [0.1, 0.15) is 31.7 Å². The van der Waals surface area contributed by atoms with Gasteiger partial charge in [-0.2, -0.15) is 0 Å². The molecule has 0 aromatic heterocycles. The molecule has 1 N–H and O–H groups in total. The number of carbonyl (C=O) groups is 2. The predicted octanol–water partition coefficient (Wildman–Crippen LogP) is 4.18. The normalized spacial score (nSPS) is 22.6. The van der Waals surface area contributed by atoms with Crippen LogP contribution in [0.4, 0.5) is 17.1 Å². The topological polar surface area (TPSA) is 102 Å². The maximum absolute atomic E-state index is 13.0. The molecule has 2 aliphatic rings. The van der Waals surface area contributed by atoms with Crippen LogP contribution in [0.2, 0.25) is 0 Å². The first-order valence-electron chi connectivity index (χ1n) is 10.9. The predicted molar refractivity (Wildman–Crippen MR) is 121 cm³/mol. The number of carbonyl (C=O) groups excluding carboxylic acids is 2. The number of benzene rings is 2. The molecule has 3 unspecified atom stereocenters. The third-order valence-electron chi connectivity index (χ3n) is 6.49. The zero-order valence-electron chi connectivity index (χ0n) is 18.2. The Kier molecular flexibility index (Phi) is 6.12. The van der Waals surface area contributed by atoms with Gasteiger partial charge in [0.15, 0.2) is 0 Å². The van der Waals surface area contributed by atoms with Crippen LogP contribution in [0.3, 0.4) is 0 Å². The van der Waals surface area contributed by atoms with Crippen LogP contribution in [-0.2, 0) is 16.0 Å². The molecule has 1 aliphatic heterocycles. The number of fused-ring (bicyclic) bond motifs is 1. The van der Waals surface area contributed by atoms with Crippen molar-refractivity contribution in [1.82, 2.24) is 0 Å². The van der Waals surface area contributed by atoms with Gasteiger partial charge in [-0.1, -0.05) is 19.1 Å². The highest BCUT2D eigenvalue weighted by Gasteiger charge is 2.50. The molecule has 1 heterocycles. The molecule has 2 aromatic carbocycles. The fraction of sp³-hybridized carbons (Fsp3) is 0.417. The van der Waals surface area contributed by atoms with Crippen molar-refractivity contribution < 1.29 is 19.2 Å². The van der Waals surface area contributed by atoms with Crippen LogP contribution < -0.4 is 15.0 Å². The summed E-state index contributed by atoms with van der Waals surface area (Å²) in [6.45, 7) is 2.57. The van der Waals surface area contributed by atoms with Crippen LogP contribution in [0.5, 0.6) is 5.75 Å². The van der Waals surface area contributed by atoms with Gasteiger partial charge < -0.3 is 10.1 Å². The number of imide groups is 1. The van der Waals surface area contributed by atoms with Crippen LogP contribution >= 0.6 is 0 Å². The maximum Gasteiger partial charge on any atom is 0.294 e. The van der Waals surface area contributed by atoms with E-state index >= 15 is 0 Å². The van der Waals surface area contributed by atoms with Crippen LogP contribution in [0, 0.1) is 27.9 Å². The summed E-state index contributed by atoms with van der Waals surface area (Å²) in [6.07, 6.45) is 2.96. The number of anilines is 2. The van der Waals surface area contributed by atoms with Gasteiger partial charge in [0.25, 0.3) is 5.69 Å².